The standard InChI is InChI=1S/C13H26N4O/c1-12(2)9-14-10-13-11-17(16-15-13)7-5-3-4-6-8-18/h11-12,14,18H,3-10H2,1-2H3. The van der Waals surface area contributed by atoms with Crippen LogP contribution in [0.4, 0.5) is 0 Å². The highest BCUT2D eigenvalue weighted by Crippen LogP contribution is 2.02. The minimum Gasteiger partial charge on any atom is -0.396 e. The molecule has 0 aliphatic rings. The first-order valence-corrected chi connectivity index (χ1v) is 6.93. The lowest BCUT2D eigenvalue weighted by molar-refractivity contribution is 0.282. The van der Waals surface area contributed by atoms with Gasteiger partial charge < -0.3 is 10.4 Å². The Hall–Kier alpha value is -0.940. The molecule has 104 valence electrons. The first-order valence-electron chi connectivity index (χ1n) is 6.93. The molecular weight excluding hydrogens is 228 g/mol. The number of nitrogens with zero attached hydrogens (tertiary/aromatic N) is 3. The number of hydrogen-bond acceptors (Lipinski definition) is 4. The molecule has 2 N–H and O–H groups in total. The van der Waals surface area contributed by atoms with Crippen molar-refractivity contribution in [2.75, 3.05) is 13.2 Å². The minimum atomic E-state index is 0.301. The van der Waals surface area contributed by atoms with Crippen molar-refractivity contribution in [2.24, 2.45) is 5.92 Å². The Morgan fingerprint density at radius 3 is 2.78 bits per heavy atom. The van der Waals surface area contributed by atoms with E-state index in [1.165, 1.54) is 0 Å². The van der Waals surface area contributed by atoms with E-state index in [2.05, 4.69) is 29.5 Å². The molecule has 5 nitrogen and oxygen atoms in total. The van der Waals surface area contributed by atoms with Gasteiger partial charge in [0.05, 0.1) is 5.69 Å². The summed E-state index contributed by atoms with van der Waals surface area (Å²) in [6.07, 6.45) is 6.25. The number of aryl methyl sites for hydroxylation is 1. The molecule has 0 amide bonds. The third-order valence-electron chi connectivity index (χ3n) is 2.74. The van der Waals surface area contributed by atoms with Gasteiger partial charge in [0.15, 0.2) is 0 Å². The molecule has 0 saturated heterocycles. The van der Waals surface area contributed by atoms with Crippen LogP contribution < -0.4 is 5.32 Å². The number of hydrogen-bond donors (Lipinski definition) is 2. The van der Waals surface area contributed by atoms with Crippen LogP contribution in [-0.4, -0.2) is 33.3 Å². The van der Waals surface area contributed by atoms with Crippen LogP contribution in [0.5, 0.6) is 0 Å². The molecule has 1 rings (SSSR count). The highest BCUT2D eigenvalue weighted by Gasteiger charge is 2.01. The summed E-state index contributed by atoms with van der Waals surface area (Å²) >= 11 is 0. The van der Waals surface area contributed by atoms with E-state index in [-0.39, 0.29) is 0 Å². The molecule has 1 aromatic heterocycles. The Labute approximate surface area is 110 Å². The quantitative estimate of drug-likeness (QED) is 0.622. The Bertz CT molecular complexity index is 312. The number of unbranched alkanes of at least 4 members (excludes halogenated alkanes) is 3. The van der Waals surface area contributed by atoms with Gasteiger partial charge in [-0.2, -0.15) is 0 Å². The third kappa shape index (κ3) is 6.71. The second kappa shape index (κ2) is 9.05. The first-order chi connectivity index (χ1) is 8.72. The van der Waals surface area contributed by atoms with Crippen LogP contribution in [0.3, 0.4) is 0 Å². The van der Waals surface area contributed by atoms with E-state index in [9.17, 15) is 0 Å². The van der Waals surface area contributed by atoms with Gasteiger partial charge in [0.2, 0.25) is 0 Å². The van der Waals surface area contributed by atoms with E-state index in [0.29, 0.717) is 12.5 Å². The summed E-state index contributed by atoms with van der Waals surface area (Å²) in [5.41, 5.74) is 1.01. The minimum absolute atomic E-state index is 0.301. The lowest BCUT2D eigenvalue weighted by Gasteiger charge is -2.04. The lowest BCUT2D eigenvalue weighted by Crippen LogP contribution is -2.19. The number of aliphatic hydroxyl groups excluding tert-OH is 1. The molecule has 1 heterocycles. The van der Waals surface area contributed by atoms with Crippen LogP contribution in [0.2, 0.25) is 0 Å². The largest absolute Gasteiger partial charge is 0.396 e. The van der Waals surface area contributed by atoms with Crippen LogP contribution in [0.15, 0.2) is 6.20 Å². The van der Waals surface area contributed by atoms with Gasteiger partial charge in [0.1, 0.15) is 0 Å². The number of aliphatic hydroxyl groups is 1. The molecule has 0 bridgehead atoms. The zero-order valence-electron chi connectivity index (χ0n) is 11.6. The fraction of sp³-hybridized carbons (Fsp3) is 0.846. The smallest absolute Gasteiger partial charge is 0.0964 e. The zero-order chi connectivity index (χ0) is 13.2. The molecule has 0 aliphatic carbocycles. The van der Waals surface area contributed by atoms with Gasteiger partial charge in [0.25, 0.3) is 0 Å². The number of rotatable bonds is 10. The maximum atomic E-state index is 8.67. The Morgan fingerprint density at radius 1 is 1.28 bits per heavy atom. The molecule has 1 aromatic rings. The molecule has 18 heavy (non-hydrogen) atoms. The highest BCUT2D eigenvalue weighted by atomic mass is 16.2. The summed E-state index contributed by atoms with van der Waals surface area (Å²) in [5, 5.41) is 20.3. The molecule has 0 aliphatic heterocycles. The van der Waals surface area contributed by atoms with Crippen LogP contribution in [0.1, 0.15) is 45.2 Å². The van der Waals surface area contributed by atoms with Crippen LogP contribution >= 0.6 is 0 Å². The van der Waals surface area contributed by atoms with E-state index in [1.54, 1.807) is 0 Å². The summed E-state index contributed by atoms with van der Waals surface area (Å²) in [5.74, 6) is 0.659. The predicted molar refractivity (Wildman–Crippen MR) is 72.1 cm³/mol. The summed E-state index contributed by atoms with van der Waals surface area (Å²) in [6.45, 7) is 7.40. The second-order valence-electron chi connectivity index (χ2n) is 5.14. The van der Waals surface area contributed by atoms with Gasteiger partial charge in [0, 0.05) is 25.9 Å². The third-order valence-corrected chi connectivity index (χ3v) is 2.74. The summed E-state index contributed by atoms with van der Waals surface area (Å²) in [7, 11) is 0. The maximum absolute atomic E-state index is 8.67. The molecule has 0 unspecified atom stereocenters. The van der Waals surface area contributed by atoms with Gasteiger partial charge in [-0.05, 0) is 25.3 Å². The Morgan fingerprint density at radius 2 is 2.06 bits per heavy atom. The Kier molecular flexibility index (Phi) is 7.60. The molecule has 0 radical (unpaired) electrons. The molecule has 0 spiro atoms. The molecule has 5 heteroatoms. The fourth-order valence-electron chi connectivity index (χ4n) is 1.76. The molecule has 0 atom stereocenters. The normalized spacial score (nSPS) is 11.3. The van der Waals surface area contributed by atoms with Crippen molar-refractivity contribution in [1.82, 2.24) is 20.3 Å². The van der Waals surface area contributed by atoms with Gasteiger partial charge in [-0.25, -0.2) is 0 Å². The Balaban J connectivity index is 2.13. The van der Waals surface area contributed by atoms with Crippen LogP contribution in [-0.2, 0) is 13.1 Å². The van der Waals surface area contributed by atoms with Gasteiger partial charge in [-0.1, -0.05) is 31.9 Å². The average molecular weight is 254 g/mol. The fourth-order valence-corrected chi connectivity index (χ4v) is 1.76. The highest BCUT2D eigenvalue weighted by molar-refractivity contribution is 4.91. The summed E-state index contributed by atoms with van der Waals surface area (Å²) < 4.78 is 1.91. The van der Waals surface area contributed by atoms with Crippen molar-refractivity contribution in [1.29, 1.82) is 0 Å². The molecule has 0 fully saturated rings. The van der Waals surface area contributed by atoms with Crippen molar-refractivity contribution < 1.29 is 5.11 Å². The van der Waals surface area contributed by atoms with Crippen molar-refractivity contribution in [3.8, 4) is 0 Å². The van der Waals surface area contributed by atoms with Crippen molar-refractivity contribution in [3.05, 3.63) is 11.9 Å². The number of aromatic nitrogens is 3. The number of nitrogens with one attached hydrogen (secondary N) is 1. The van der Waals surface area contributed by atoms with Crippen molar-refractivity contribution >= 4 is 0 Å². The van der Waals surface area contributed by atoms with E-state index in [0.717, 1.165) is 51.0 Å². The molecular formula is C13H26N4O. The van der Waals surface area contributed by atoms with Crippen LogP contribution in [0, 0.1) is 5.92 Å². The average Bonchev–Trinajstić information content (AvgIpc) is 2.76. The maximum Gasteiger partial charge on any atom is 0.0964 e. The summed E-state index contributed by atoms with van der Waals surface area (Å²) in [6, 6.07) is 0. The van der Waals surface area contributed by atoms with Crippen molar-refractivity contribution in [2.45, 2.75) is 52.6 Å². The zero-order valence-corrected chi connectivity index (χ0v) is 11.6. The van der Waals surface area contributed by atoms with E-state index in [1.807, 2.05) is 10.9 Å². The van der Waals surface area contributed by atoms with Gasteiger partial charge in [-0.3, -0.25) is 4.68 Å². The van der Waals surface area contributed by atoms with E-state index in [4.69, 9.17) is 5.11 Å². The van der Waals surface area contributed by atoms with E-state index >= 15 is 0 Å². The van der Waals surface area contributed by atoms with Gasteiger partial charge >= 0.3 is 0 Å². The molecule has 0 aromatic carbocycles. The second-order valence-corrected chi connectivity index (χ2v) is 5.14. The SMILES string of the molecule is CC(C)CNCc1cn(CCCCCCO)nn1. The predicted octanol–water partition coefficient (Wildman–Crippen LogP) is 1.58. The lowest BCUT2D eigenvalue weighted by atomic mass is 10.2. The summed E-state index contributed by atoms with van der Waals surface area (Å²) in [4.78, 5) is 0. The molecule has 0 saturated carbocycles. The topological polar surface area (TPSA) is 63.0 Å². The van der Waals surface area contributed by atoms with Crippen LogP contribution in [0.25, 0.3) is 0 Å². The first kappa shape index (κ1) is 15.1. The van der Waals surface area contributed by atoms with Gasteiger partial charge in [-0.15, -0.1) is 5.10 Å². The van der Waals surface area contributed by atoms with Crippen molar-refractivity contribution in [3.63, 3.8) is 0 Å². The van der Waals surface area contributed by atoms with E-state index < -0.39 is 0 Å². The monoisotopic (exact) mass is 254 g/mol.